The first-order valence-corrected chi connectivity index (χ1v) is 6.27. The SMILES string of the molecule is CCC1CC=C(c2cc(OC)ccc2F)CC1. The summed E-state index contributed by atoms with van der Waals surface area (Å²) in [6, 6.07) is 4.95. The van der Waals surface area contributed by atoms with E-state index in [9.17, 15) is 4.39 Å². The Hall–Kier alpha value is -1.31. The maximum Gasteiger partial charge on any atom is 0.130 e. The maximum absolute atomic E-state index is 13.8. The van der Waals surface area contributed by atoms with E-state index in [4.69, 9.17) is 4.74 Å². The largest absolute Gasteiger partial charge is 0.497 e. The van der Waals surface area contributed by atoms with Gasteiger partial charge in [0.2, 0.25) is 0 Å². The van der Waals surface area contributed by atoms with Gasteiger partial charge in [0, 0.05) is 5.56 Å². The molecule has 92 valence electrons. The van der Waals surface area contributed by atoms with Crippen LogP contribution in [0.3, 0.4) is 0 Å². The summed E-state index contributed by atoms with van der Waals surface area (Å²) in [5, 5.41) is 0. The van der Waals surface area contributed by atoms with Crippen molar-refractivity contribution in [2.24, 2.45) is 5.92 Å². The first-order chi connectivity index (χ1) is 8.24. The van der Waals surface area contributed by atoms with Gasteiger partial charge in [0.1, 0.15) is 11.6 Å². The fourth-order valence-electron chi connectivity index (χ4n) is 2.38. The molecule has 0 fully saturated rings. The summed E-state index contributed by atoms with van der Waals surface area (Å²) in [5.41, 5.74) is 1.84. The van der Waals surface area contributed by atoms with Gasteiger partial charge >= 0.3 is 0 Å². The first-order valence-electron chi connectivity index (χ1n) is 6.27. The topological polar surface area (TPSA) is 9.23 Å². The molecule has 0 N–H and O–H groups in total. The molecule has 0 spiro atoms. The van der Waals surface area contributed by atoms with Crippen molar-refractivity contribution in [3.05, 3.63) is 35.7 Å². The second-order valence-corrected chi connectivity index (χ2v) is 4.62. The maximum atomic E-state index is 13.8. The van der Waals surface area contributed by atoms with E-state index in [0.717, 1.165) is 30.1 Å². The molecule has 1 aromatic rings. The summed E-state index contributed by atoms with van der Waals surface area (Å²) in [5.74, 6) is 1.35. The fourth-order valence-corrected chi connectivity index (χ4v) is 2.38. The van der Waals surface area contributed by atoms with Crippen molar-refractivity contribution in [3.63, 3.8) is 0 Å². The highest BCUT2D eigenvalue weighted by atomic mass is 19.1. The highest BCUT2D eigenvalue weighted by molar-refractivity contribution is 5.67. The van der Waals surface area contributed by atoms with E-state index in [2.05, 4.69) is 13.0 Å². The van der Waals surface area contributed by atoms with Gasteiger partial charge in [0.15, 0.2) is 0 Å². The zero-order valence-corrected chi connectivity index (χ0v) is 10.5. The Kier molecular flexibility index (Phi) is 3.82. The molecule has 0 aliphatic heterocycles. The first kappa shape index (κ1) is 12.2. The smallest absolute Gasteiger partial charge is 0.130 e. The summed E-state index contributed by atoms with van der Waals surface area (Å²) in [6.45, 7) is 2.22. The van der Waals surface area contributed by atoms with Crippen LogP contribution in [-0.4, -0.2) is 7.11 Å². The monoisotopic (exact) mass is 234 g/mol. The lowest BCUT2D eigenvalue weighted by molar-refractivity contribution is 0.413. The molecular formula is C15H19FO. The van der Waals surface area contributed by atoms with E-state index in [1.807, 2.05) is 0 Å². The Morgan fingerprint density at radius 1 is 1.41 bits per heavy atom. The van der Waals surface area contributed by atoms with E-state index in [1.165, 1.54) is 18.9 Å². The molecule has 0 heterocycles. The second-order valence-electron chi connectivity index (χ2n) is 4.62. The van der Waals surface area contributed by atoms with Crippen LogP contribution in [0.4, 0.5) is 4.39 Å². The molecular weight excluding hydrogens is 215 g/mol. The van der Waals surface area contributed by atoms with Gasteiger partial charge in [0.25, 0.3) is 0 Å². The second kappa shape index (κ2) is 5.35. The van der Waals surface area contributed by atoms with Gasteiger partial charge in [0.05, 0.1) is 7.11 Å². The summed E-state index contributed by atoms with van der Waals surface area (Å²) < 4.78 is 18.9. The van der Waals surface area contributed by atoms with Gasteiger partial charge in [-0.15, -0.1) is 0 Å². The molecule has 1 aliphatic carbocycles. The minimum Gasteiger partial charge on any atom is -0.497 e. The zero-order chi connectivity index (χ0) is 12.3. The summed E-state index contributed by atoms with van der Waals surface area (Å²) >= 11 is 0. The molecule has 0 aromatic heterocycles. The number of hydrogen-bond acceptors (Lipinski definition) is 1. The van der Waals surface area contributed by atoms with Crippen molar-refractivity contribution in [3.8, 4) is 5.75 Å². The van der Waals surface area contributed by atoms with E-state index in [1.54, 1.807) is 19.2 Å². The molecule has 0 amide bonds. The van der Waals surface area contributed by atoms with Crippen LogP contribution in [0.1, 0.15) is 38.2 Å². The minimum absolute atomic E-state index is 0.146. The molecule has 0 saturated heterocycles. The normalized spacial score (nSPS) is 19.9. The van der Waals surface area contributed by atoms with Gasteiger partial charge in [-0.25, -0.2) is 4.39 Å². The predicted molar refractivity (Wildman–Crippen MR) is 68.6 cm³/mol. The van der Waals surface area contributed by atoms with Crippen molar-refractivity contribution in [2.45, 2.75) is 32.6 Å². The lowest BCUT2D eigenvalue weighted by Crippen LogP contribution is -2.05. The quantitative estimate of drug-likeness (QED) is 0.751. The molecule has 1 unspecified atom stereocenters. The Morgan fingerprint density at radius 2 is 2.24 bits per heavy atom. The van der Waals surface area contributed by atoms with Gasteiger partial charge < -0.3 is 4.74 Å². The third kappa shape index (κ3) is 2.68. The molecule has 1 atom stereocenters. The molecule has 0 radical (unpaired) electrons. The molecule has 1 aliphatic rings. The van der Waals surface area contributed by atoms with Crippen LogP contribution >= 0.6 is 0 Å². The van der Waals surface area contributed by atoms with Crippen LogP contribution in [0.15, 0.2) is 24.3 Å². The number of halogens is 1. The lowest BCUT2D eigenvalue weighted by Gasteiger charge is -2.21. The fraction of sp³-hybridized carbons (Fsp3) is 0.467. The standard InChI is InChI=1S/C15H19FO/c1-3-11-4-6-12(7-5-11)14-10-13(17-2)8-9-15(14)16/h6,8-11H,3-5,7H2,1-2H3. The Morgan fingerprint density at radius 3 is 2.82 bits per heavy atom. The van der Waals surface area contributed by atoms with E-state index in [-0.39, 0.29) is 5.82 Å². The number of rotatable bonds is 3. The third-order valence-electron chi connectivity index (χ3n) is 3.62. The van der Waals surface area contributed by atoms with Crippen molar-refractivity contribution in [2.75, 3.05) is 7.11 Å². The van der Waals surface area contributed by atoms with Crippen LogP contribution < -0.4 is 4.74 Å². The number of methoxy groups -OCH3 is 1. The van der Waals surface area contributed by atoms with E-state index in [0.29, 0.717) is 5.56 Å². The molecule has 0 saturated carbocycles. The Labute approximate surface area is 102 Å². The predicted octanol–water partition coefficient (Wildman–Crippen LogP) is 4.43. The summed E-state index contributed by atoms with van der Waals surface area (Å²) in [7, 11) is 1.61. The van der Waals surface area contributed by atoms with Crippen molar-refractivity contribution in [1.82, 2.24) is 0 Å². The zero-order valence-electron chi connectivity index (χ0n) is 10.5. The van der Waals surface area contributed by atoms with Crippen molar-refractivity contribution in [1.29, 1.82) is 0 Å². The van der Waals surface area contributed by atoms with Gasteiger partial charge in [-0.2, -0.15) is 0 Å². The minimum atomic E-state index is -0.146. The molecule has 0 bridgehead atoms. The van der Waals surface area contributed by atoms with Crippen LogP contribution in [-0.2, 0) is 0 Å². The molecule has 2 heteroatoms. The lowest BCUT2D eigenvalue weighted by atomic mass is 9.85. The average Bonchev–Trinajstić information content (AvgIpc) is 2.39. The van der Waals surface area contributed by atoms with Crippen LogP contribution in [0.25, 0.3) is 5.57 Å². The number of hydrogen-bond donors (Lipinski definition) is 0. The van der Waals surface area contributed by atoms with Crippen molar-refractivity contribution >= 4 is 5.57 Å². The van der Waals surface area contributed by atoms with Gasteiger partial charge in [-0.3, -0.25) is 0 Å². The van der Waals surface area contributed by atoms with E-state index < -0.39 is 0 Å². The number of allylic oxidation sites excluding steroid dienone is 2. The Balaban J connectivity index is 2.25. The van der Waals surface area contributed by atoms with E-state index >= 15 is 0 Å². The average molecular weight is 234 g/mol. The van der Waals surface area contributed by atoms with Gasteiger partial charge in [-0.05, 0) is 49.0 Å². The Bertz CT molecular complexity index is 423. The number of ether oxygens (including phenoxy) is 1. The van der Waals surface area contributed by atoms with Crippen molar-refractivity contribution < 1.29 is 9.13 Å². The van der Waals surface area contributed by atoms with Crippen LogP contribution in [0, 0.1) is 11.7 Å². The van der Waals surface area contributed by atoms with Crippen LogP contribution in [0.2, 0.25) is 0 Å². The summed E-state index contributed by atoms with van der Waals surface area (Å²) in [6.07, 6.45) is 6.62. The molecule has 17 heavy (non-hydrogen) atoms. The highest BCUT2D eigenvalue weighted by Gasteiger charge is 2.16. The summed E-state index contributed by atoms with van der Waals surface area (Å²) in [4.78, 5) is 0. The highest BCUT2D eigenvalue weighted by Crippen LogP contribution is 2.34. The van der Waals surface area contributed by atoms with Crippen LogP contribution in [0.5, 0.6) is 5.75 Å². The molecule has 1 aromatic carbocycles. The van der Waals surface area contributed by atoms with Gasteiger partial charge in [-0.1, -0.05) is 19.4 Å². The third-order valence-corrected chi connectivity index (χ3v) is 3.62. The number of benzene rings is 1. The molecule has 1 nitrogen and oxygen atoms in total. The molecule has 2 rings (SSSR count).